The Hall–Kier alpha value is -1.75. The van der Waals surface area contributed by atoms with E-state index >= 15 is 0 Å². The predicted octanol–water partition coefficient (Wildman–Crippen LogP) is 0.119. The molecule has 0 bridgehead atoms. The Morgan fingerprint density at radius 2 is 1.83 bits per heavy atom. The van der Waals surface area contributed by atoms with Crippen LogP contribution in [0.1, 0.15) is 41.0 Å². The van der Waals surface area contributed by atoms with Crippen LogP contribution < -0.4 is 11.1 Å². The highest BCUT2D eigenvalue weighted by Gasteiger charge is 2.42. The summed E-state index contributed by atoms with van der Waals surface area (Å²) >= 11 is 0. The van der Waals surface area contributed by atoms with E-state index in [1.807, 2.05) is 13.8 Å². The van der Waals surface area contributed by atoms with Gasteiger partial charge >= 0.3 is 11.9 Å². The monoisotopic (exact) mass is 418 g/mol. The highest BCUT2D eigenvalue weighted by atomic mass is 16.7. The van der Waals surface area contributed by atoms with E-state index in [0.717, 1.165) is 0 Å². The van der Waals surface area contributed by atoms with Crippen LogP contribution in [0.4, 0.5) is 0 Å². The van der Waals surface area contributed by atoms with Gasteiger partial charge < -0.3 is 34.7 Å². The minimum Gasteiger partial charge on any atom is -0.463 e. The number of amides is 1. The molecule has 0 saturated carbocycles. The number of nitrogens with two attached hydrogens (primary N) is 1. The molecule has 1 unspecified atom stereocenters. The second kappa shape index (κ2) is 12.1. The number of carbonyl (C=O) groups is 3. The highest BCUT2D eigenvalue weighted by molar-refractivity contribution is 5.73. The summed E-state index contributed by atoms with van der Waals surface area (Å²) in [5.74, 6) is -1.24. The molecular formula is C19H34N2O8. The number of hydrogen-bond acceptors (Lipinski definition) is 9. The van der Waals surface area contributed by atoms with E-state index in [1.165, 1.54) is 20.8 Å². The number of carbonyl (C=O) groups excluding carboxylic acids is 3. The van der Waals surface area contributed by atoms with Gasteiger partial charge in [0, 0.05) is 39.2 Å². The van der Waals surface area contributed by atoms with Crippen molar-refractivity contribution in [2.24, 2.45) is 11.1 Å². The van der Waals surface area contributed by atoms with Gasteiger partial charge in [-0.2, -0.15) is 0 Å². The van der Waals surface area contributed by atoms with Crippen molar-refractivity contribution in [1.82, 2.24) is 5.32 Å². The molecule has 4 atom stereocenters. The molecule has 168 valence electrons. The summed E-state index contributed by atoms with van der Waals surface area (Å²) in [6, 6.07) is -0.536. The first-order valence-corrected chi connectivity index (χ1v) is 9.66. The van der Waals surface area contributed by atoms with Gasteiger partial charge in [-0.3, -0.25) is 14.4 Å². The number of ether oxygens (including phenoxy) is 5. The van der Waals surface area contributed by atoms with Crippen LogP contribution in [-0.4, -0.2) is 75.4 Å². The van der Waals surface area contributed by atoms with Crippen molar-refractivity contribution in [2.45, 2.75) is 65.6 Å². The molecule has 0 radical (unpaired) electrons. The van der Waals surface area contributed by atoms with Gasteiger partial charge in [-0.15, -0.1) is 0 Å². The third-order valence-electron chi connectivity index (χ3n) is 4.09. The van der Waals surface area contributed by atoms with Gasteiger partial charge in [0.05, 0.1) is 25.9 Å². The number of nitrogens with one attached hydrogen (secondary N) is 1. The molecule has 10 nitrogen and oxygen atoms in total. The minimum atomic E-state index is -0.806. The highest BCUT2D eigenvalue weighted by Crippen LogP contribution is 2.27. The van der Waals surface area contributed by atoms with E-state index in [4.69, 9.17) is 29.4 Å². The van der Waals surface area contributed by atoms with E-state index in [0.29, 0.717) is 19.8 Å². The zero-order valence-electron chi connectivity index (χ0n) is 17.9. The standard InChI is InChI=1S/C19H34N2O8/c1-12(22)21-15-8-16(28-14(3)24)17(9-26-13(2)23)29-18(15)27-11-19(4,5)10-25-7-6-20/h15-18H,6-11,20H2,1-5H3,(H,21,22)/t15-,16-,17-,18?/m1/s1. The Balaban J connectivity index is 2.84. The molecule has 0 aromatic heterocycles. The minimum absolute atomic E-state index is 0.0943. The van der Waals surface area contributed by atoms with Crippen molar-refractivity contribution in [3.05, 3.63) is 0 Å². The lowest BCUT2D eigenvalue weighted by Gasteiger charge is -2.41. The lowest BCUT2D eigenvalue weighted by molar-refractivity contribution is -0.255. The summed E-state index contributed by atoms with van der Waals surface area (Å²) < 4.78 is 27.7. The molecule has 1 saturated heterocycles. The number of esters is 2. The molecule has 1 heterocycles. The molecule has 10 heteroatoms. The molecule has 29 heavy (non-hydrogen) atoms. The molecule has 1 rings (SSSR count). The van der Waals surface area contributed by atoms with Gasteiger partial charge in [0.25, 0.3) is 0 Å². The maximum absolute atomic E-state index is 11.6. The van der Waals surface area contributed by atoms with Crippen molar-refractivity contribution in [1.29, 1.82) is 0 Å². The Morgan fingerprint density at radius 3 is 2.38 bits per heavy atom. The predicted molar refractivity (Wildman–Crippen MR) is 103 cm³/mol. The maximum Gasteiger partial charge on any atom is 0.302 e. The SMILES string of the molecule is CC(=O)N[C@@H]1C[C@@H](OC(C)=O)[C@@H](COC(C)=O)OC1OCC(C)(C)COCCN. The van der Waals surface area contributed by atoms with Gasteiger partial charge in [0.1, 0.15) is 18.8 Å². The van der Waals surface area contributed by atoms with Crippen molar-refractivity contribution < 1.29 is 38.1 Å². The lowest BCUT2D eigenvalue weighted by atomic mass is 9.96. The van der Waals surface area contributed by atoms with Crippen molar-refractivity contribution >= 4 is 17.8 Å². The molecule has 1 aliphatic heterocycles. The van der Waals surface area contributed by atoms with Crippen molar-refractivity contribution in [3.8, 4) is 0 Å². The van der Waals surface area contributed by atoms with Crippen molar-refractivity contribution in [3.63, 3.8) is 0 Å². The summed E-state index contributed by atoms with van der Waals surface area (Å²) in [5, 5.41) is 2.77. The number of rotatable bonds is 11. The zero-order chi connectivity index (χ0) is 22.0. The fourth-order valence-corrected chi connectivity index (χ4v) is 2.88. The second-order valence-electron chi connectivity index (χ2n) is 7.85. The average Bonchev–Trinajstić information content (AvgIpc) is 2.59. The van der Waals surface area contributed by atoms with Gasteiger partial charge in [0.2, 0.25) is 5.91 Å². The Labute approximate surface area is 171 Å². The van der Waals surface area contributed by atoms with Crippen LogP contribution in [-0.2, 0) is 38.1 Å². The van der Waals surface area contributed by atoms with Gasteiger partial charge in [-0.05, 0) is 0 Å². The topological polar surface area (TPSA) is 135 Å². The van der Waals surface area contributed by atoms with Crippen LogP contribution in [0.5, 0.6) is 0 Å². The van der Waals surface area contributed by atoms with E-state index < -0.39 is 36.5 Å². The van der Waals surface area contributed by atoms with Crippen LogP contribution in [0.15, 0.2) is 0 Å². The quantitative estimate of drug-likeness (QED) is 0.354. The van der Waals surface area contributed by atoms with Gasteiger partial charge in [0.15, 0.2) is 6.29 Å². The summed E-state index contributed by atoms with van der Waals surface area (Å²) in [6.07, 6.45) is -1.95. The van der Waals surface area contributed by atoms with E-state index in [-0.39, 0.29) is 31.0 Å². The summed E-state index contributed by atoms with van der Waals surface area (Å²) in [4.78, 5) is 34.3. The van der Waals surface area contributed by atoms with Crippen LogP contribution in [0.3, 0.4) is 0 Å². The van der Waals surface area contributed by atoms with E-state index in [1.54, 1.807) is 0 Å². The van der Waals surface area contributed by atoms with Crippen LogP contribution in [0, 0.1) is 5.41 Å². The van der Waals surface area contributed by atoms with E-state index in [2.05, 4.69) is 5.32 Å². The Kier molecular flexibility index (Phi) is 10.5. The fourth-order valence-electron chi connectivity index (χ4n) is 2.88. The molecular weight excluding hydrogens is 384 g/mol. The first-order chi connectivity index (χ1) is 13.5. The molecule has 0 aromatic rings. The summed E-state index contributed by atoms with van der Waals surface area (Å²) in [7, 11) is 0. The number of hydrogen-bond donors (Lipinski definition) is 2. The molecule has 1 amide bonds. The Morgan fingerprint density at radius 1 is 1.14 bits per heavy atom. The fraction of sp³-hybridized carbons (Fsp3) is 0.842. The summed E-state index contributed by atoms with van der Waals surface area (Å²) in [6.45, 7) is 9.40. The van der Waals surface area contributed by atoms with Crippen LogP contribution in [0.25, 0.3) is 0 Å². The van der Waals surface area contributed by atoms with Crippen LogP contribution >= 0.6 is 0 Å². The molecule has 1 aliphatic rings. The first kappa shape index (κ1) is 25.3. The van der Waals surface area contributed by atoms with Gasteiger partial charge in [-0.25, -0.2) is 0 Å². The van der Waals surface area contributed by atoms with Crippen molar-refractivity contribution in [2.75, 3.05) is 33.0 Å². The maximum atomic E-state index is 11.6. The zero-order valence-corrected chi connectivity index (χ0v) is 17.9. The van der Waals surface area contributed by atoms with Gasteiger partial charge in [-0.1, -0.05) is 13.8 Å². The average molecular weight is 418 g/mol. The molecule has 3 N–H and O–H groups in total. The molecule has 1 fully saturated rings. The third-order valence-corrected chi connectivity index (χ3v) is 4.09. The third kappa shape index (κ3) is 10.0. The smallest absolute Gasteiger partial charge is 0.302 e. The normalized spacial score (nSPS) is 24.6. The molecule has 0 aliphatic carbocycles. The summed E-state index contributed by atoms with van der Waals surface area (Å²) in [5.41, 5.74) is 5.12. The Bertz CT molecular complexity index is 554. The molecule has 0 aromatic carbocycles. The van der Waals surface area contributed by atoms with Crippen LogP contribution in [0.2, 0.25) is 0 Å². The molecule has 0 spiro atoms. The lowest BCUT2D eigenvalue weighted by Crippen LogP contribution is -2.57. The second-order valence-corrected chi connectivity index (χ2v) is 7.85. The largest absolute Gasteiger partial charge is 0.463 e. The first-order valence-electron chi connectivity index (χ1n) is 9.66. The van der Waals surface area contributed by atoms with E-state index in [9.17, 15) is 14.4 Å².